The van der Waals surface area contributed by atoms with Gasteiger partial charge in [0.15, 0.2) is 11.5 Å². The van der Waals surface area contributed by atoms with Crippen molar-refractivity contribution in [1.82, 2.24) is 5.43 Å². The number of carbonyl (C=O) groups excluding carboxylic acids is 1. The molecule has 1 aliphatic heterocycles. The molecule has 2 aromatic carbocycles. The maximum atomic E-state index is 12.2. The van der Waals surface area contributed by atoms with Gasteiger partial charge >= 0.3 is 0 Å². The number of nitrogens with one attached hydrogen (secondary N) is 1. The lowest BCUT2D eigenvalue weighted by Gasteiger charge is -2.17. The van der Waals surface area contributed by atoms with E-state index in [-0.39, 0.29) is 12.7 Å². The molecule has 0 fully saturated rings. The first-order valence-electron chi connectivity index (χ1n) is 8.66. The molecule has 2 aromatic rings. The van der Waals surface area contributed by atoms with Crippen molar-refractivity contribution in [2.45, 2.75) is 19.8 Å². The van der Waals surface area contributed by atoms with Crippen molar-refractivity contribution >= 4 is 12.1 Å². The Bertz CT molecular complexity index is 849. The summed E-state index contributed by atoms with van der Waals surface area (Å²) in [5.74, 6) is 1.81. The van der Waals surface area contributed by atoms with Crippen LogP contribution in [-0.4, -0.2) is 33.1 Å². The zero-order chi connectivity index (χ0) is 19.2. The van der Waals surface area contributed by atoms with E-state index in [0.29, 0.717) is 34.1 Å². The highest BCUT2D eigenvalue weighted by Gasteiger charge is 2.30. The lowest BCUT2D eigenvalue weighted by Crippen LogP contribution is -2.17. The van der Waals surface area contributed by atoms with E-state index in [4.69, 9.17) is 18.9 Å². The van der Waals surface area contributed by atoms with Crippen molar-refractivity contribution in [1.29, 1.82) is 0 Å². The Morgan fingerprint density at radius 1 is 1.15 bits per heavy atom. The summed E-state index contributed by atoms with van der Waals surface area (Å²) >= 11 is 0. The number of ether oxygens (including phenoxy) is 4. The summed E-state index contributed by atoms with van der Waals surface area (Å²) in [5, 5.41) is 4.11. The molecule has 0 saturated heterocycles. The second-order valence-corrected chi connectivity index (χ2v) is 5.84. The predicted molar refractivity (Wildman–Crippen MR) is 101 cm³/mol. The van der Waals surface area contributed by atoms with Gasteiger partial charge in [-0.25, -0.2) is 5.43 Å². The average Bonchev–Trinajstić information content (AvgIpc) is 3.18. The van der Waals surface area contributed by atoms with Crippen LogP contribution in [0.25, 0.3) is 0 Å². The fourth-order valence-corrected chi connectivity index (χ4v) is 3.00. The molecule has 7 nitrogen and oxygen atoms in total. The van der Waals surface area contributed by atoms with Gasteiger partial charge in [0.05, 0.1) is 20.4 Å². The zero-order valence-corrected chi connectivity index (χ0v) is 15.6. The molecule has 1 heterocycles. The Labute approximate surface area is 157 Å². The first-order valence-corrected chi connectivity index (χ1v) is 8.66. The number of nitrogens with zero attached hydrogens (tertiary/aromatic N) is 1. The third-order valence-electron chi connectivity index (χ3n) is 4.17. The van der Waals surface area contributed by atoms with Gasteiger partial charge in [0.25, 0.3) is 5.91 Å². The summed E-state index contributed by atoms with van der Waals surface area (Å²) in [5.41, 5.74) is 4.64. The van der Waals surface area contributed by atoms with E-state index in [0.717, 1.165) is 18.4 Å². The molecule has 27 heavy (non-hydrogen) atoms. The van der Waals surface area contributed by atoms with Crippen molar-refractivity contribution in [2.24, 2.45) is 5.10 Å². The van der Waals surface area contributed by atoms with Crippen molar-refractivity contribution in [2.75, 3.05) is 21.0 Å². The molecular formula is C20H22N2O5. The molecule has 1 aliphatic rings. The van der Waals surface area contributed by atoms with E-state index in [1.807, 2.05) is 6.07 Å². The first-order chi connectivity index (χ1) is 13.2. The van der Waals surface area contributed by atoms with Gasteiger partial charge in [-0.05, 0) is 18.6 Å². The largest absolute Gasteiger partial charge is 0.492 e. The molecule has 0 aliphatic carbocycles. The summed E-state index contributed by atoms with van der Waals surface area (Å²) < 4.78 is 22.2. The molecule has 0 bridgehead atoms. The summed E-state index contributed by atoms with van der Waals surface area (Å²) in [7, 11) is 3.14. The molecule has 142 valence electrons. The maximum absolute atomic E-state index is 12.2. The molecule has 0 aromatic heterocycles. The molecule has 1 amide bonds. The molecule has 0 saturated carbocycles. The van der Waals surface area contributed by atoms with Crippen LogP contribution in [0.4, 0.5) is 0 Å². The molecule has 1 N–H and O–H groups in total. The van der Waals surface area contributed by atoms with Gasteiger partial charge in [0.2, 0.25) is 18.3 Å². The van der Waals surface area contributed by atoms with E-state index in [9.17, 15) is 4.79 Å². The minimum Gasteiger partial charge on any atom is -0.492 e. The van der Waals surface area contributed by atoms with E-state index in [2.05, 4.69) is 17.5 Å². The Hall–Kier alpha value is -3.22. The first kappa shape index (κ1) is 18.6. The minimum absolute atomic E-state index is 0.0962. The summed E-state index contributed by atoms with van der Waals surface area (Å²) in [6, 6.07) is 8.88. The maximum Gasteiger partial charge on any atom is 0.271 e. The number of hydrazone groups is 1. The Morgan fingerprint density at radius 2 is 1.81 bits per heavy atom. The lowest BCUT2D eigenvalue weighted by molar-refractivity contribution is 0.0955. The lowest BCUT2D eigenvalue weighted by atomic mass is 10.00. The molecule has 7 heteroatoms. The van der Waals surface area contributed by atoms with Crippen LogP contribution < -0.4 is 24.4 Å². The number of amides is 1. The minimum atomic E-state index is -0.296. The number of benzene rings is 2. The Balaban J connectivity index is 1.97. The predicted octanol–water partition coefficient (Wildman–Crippen LogP) is 3.15. The van der Waals surface area contributed by atoms with Crippen molar-refractivity contribution in [3.63, 3.8) is 0 Å². The number of hydrogen-bond donors (Lipinski definition) is 1. The third-order valence-corrected chi connectivity index (χ3v) is 4.17. The highest BCUT2D eigenvalue weighted by Crippen LogP contribution is 2.51. The summed E-state index contributed by atoms with van der Waals surface area (Å²) in [6.45, 7) is 2.16. The van der Waals surface area contributed by atoms with Crippen LogP contribution in [0.5, 0.6) is 23.0 Å². The fourth-order valence-electron chi connectivity index (χ4n) is 3.00. The van der Waals surface area contributed by atoms with Gasteiger partial charge in [0.1, 0.15) is 0 Å². The van der Waals surface area contributed by atoms with Gasteiger partial charge < -0.3 is 18.9 Å². The van der Waals surface area contributed by atoms with Crippen LogP contribution in [0.15, 0.2) is 35.4 Å². The second-order valence-electron chi connectivity index (χ2n) is 5.84. The van der Waals surface area contributed by atoms with Gasteiger partial charge in [-0.2, -0.15) is 5.10 Å². The van der Waals surface area contributed by atoms with Crippen molar-refractivity contribution < 1.29 is 23.7 Å². The highest BCUT2D eigenvalue weighted by molar-refractivity contribution is 5.96. The van der Waals surface area contributed by atoms with Crippen LogP contribution in [-0.2, 0) is 6.42 Å². The van der Waals surface area contributed by atoms with E-state index >= 15 is 0 Å². The monoisotopic (exact) mass is 370 g/mol. The van der Waals surface area contributed by atoms with Crippen LogP contribution in [0.2, 0.25) is 0 Å². The van der Waals surface area contributed by atoms with Gasteiger partial charge in [-0.3, -0.25) is 4.79 Å². The molecular weight excluding hydrogens is 348 g/mol. The fraction of sp³-hybridized carbons (Fsp3) is 0.300. The second kappa shape index (κ2) is 8.44. The van der Waals surface area contributed by atoms with Crippen LogP contribution in [0.3, 0.4) is 0 Å². The summed E-state index contributed by atoms with van der Waals surface area (Å²) in [4.78, 5) is 12.2. The molecule has 0 atom stereocenters. The topological polar surface area (TPSA) is 78.4 Å². The number of methoxy groups -OCH3 is 2. The van der Waals surface area contributed by atoms with E-state index < -0.39 is 0 Å². The van der Waals surface area contributed by atoms with Crippen LogP contribution in [0.1, 0.15) is 34.8 Å². The van der Waals surface area contributed by atoms with Crippen LogP contribution >= 0.6 is 0 Å². The number of hydrogen-bond acceptors (Lipinski definition) is 6. The Morgan fingerprint density at radius 3 is 2.44 bits per heavy atom. The Kier molecular flexibility index (Phi) is 5.80. The summed E-state index contributed by atoms with van der Waals surface area (Å²) in [6.07, 6.45) is 3.16. The quantitative estimate of drug-likeness (QED) is 0.598. The number of carbonyl (C=O) groups is 1. The zero-order valence-electron chi connectivity index (χ0n) is 15.6. The number of rotatable bonds is 7. The molecule has 0 unspecified atom stereocenters. The van der Waals surface area contributed by atoms with Crippen LogP contribution in [0, 0.1) is 0 Å². The van der Waals surface area contributed by atoms with E-state index in [1.54, 1.807) is 44.7 Å². The van der Waals surface area contributed by atoms with Gasteiger partial charge in [-0.1, -0.05) is 31.5 Å². The normalized spacial score (nSPS) is 12.3. The van der Waals surface area contributed by atoms with Gasteiger partial charge in [-0.15, -0.1) is 0 Å². The highest BCUT2D eigenvalue weighted by atomic mass is 16.7. The SMILES string of the molecule is CCCc1c(/C=N/NC(=O)c2ccccc2)c(OC)c2c(c1OC)OCO2. The van der Waals surface area contributed by atoms with Crippen molar-refractivity contribution in [3.05, 3.63) is 47.0 Å². The third kappa shape index (κ3) is 3.67. The molecule has 0 radical (unpaired) electrons. The smallest absolute Gasteiger partial charge is 0.271 e. The van der Waals surface area contributed by atoms with Gasteiger partial charge in [0, 0.05) is 16.7 Å². The standard InChI is InChI=1S/C20H22N2O5/c1-4-8-14-15(11-21-22-20(23)13-9-6-5-7-10-13)17(25-3)19-18(16(14)24-2)26-12-27-19/h5-7,9-11H,4,8,12H2,1-3H3,(H,22,23)/b21-11+. The molecule has 3 rings (SSSR count). The van der Waals surface area contributed by atoms with Crippen molar-refractivity contribution in [3.8, 4) is 23.0 Å². The number of fused-ring (bicyclic) bond motifs is 1. The molecule has 0 spiro atoms. The van der Waals surface area contributed by atoms with E-state index in [1.165, 1.54) is 0 Å². The average molecular weight is 370 g/mol.